The summed E-state index contributed by atoms with van der Waals surface area (Å²) >= 11 is 1.96. The average molecular weight is 305 g/mol. The molecule has 1 aromatic rings. The second-order valence-corrected chi connectivity index (χ2v) is 7.80. The monoisotopic (exact) mass is 304 g/mol. The van der Waals surface area contributed by atoms with E-state index in [2.05, 4.69) is 53.7 Å². The van der Waals surface area contributed by atoms with Gasteiger partial charge in [-0.05, 0) is 56.2 Å². The standard InChI is InChI=1S/C18H28N2S/c1-18(16-9-10-16)14-20(11-6-12-21-2)17(13-19-18)15-7-4-3-5-8-15/h3-5,7-8,16-17,19H,6,9-14H2,1-2H3. The molecule has 1 heterocycles. The zero-order chi connectivity index (χ0) is 14.7. The quantitative estimate of drug-likeness (QED) is 0.809. The van der Waals surface area contributed by atoms with Gasteiger partial charge in [-0.25, -0.2) is 0 Å². The van der Waals surface area contributed by atoms with Crippen LogP contribution in [-0.4, -0.2) is 42.1 Å². The van der Waals surface area contributed by atoms with Crippen LogP contribution < -0.4 is 5.32 Å². The molecular formula is C18H28N2S. The number of hydrogen-bond acceptors (Lipinski definition) is 3. The third kappa shape index (κ3) is 3.64. The van der Waals surface area contributed by atoms with Crippen molar-refractivity contribution in [3.8, 4) is 0 Å². The van der Waals surface area contributed by atoms with Crippen molar-refractivity contribution in [3.63, 3.8) is 0 Å². The highest BCUT2D eigenvalue weighted by Crippen LogP contribution is 2.42. The van der Waals surface area contributed by atoms with Crippen molar-refractivity contribution >= 4 is 11.8 Å². The first-order valence-corrected chi connectivity index (χ1v) is 9.65. The average Bonchev–Trinajstić information content (AvgIpc) is 3.34. The molecule has 21 heavy (non-hydrogen) atoms. The second kappa shape index (κ2) is 6.72. The Hall–Kier alpha value is -0.510. The topological polar surface area (TPSA) is 15.3 Å². The number of nitrogens with one attached hydrogen (secondary N) is 1. The molecule has 2 fully saturated rings. The number of hydrogen-bond donors (Lipinski definition) is 1. The minimum absolute atomic E-state index is 0.338. The van der Waals surface area contributed by atoms with Crippen LogP contribution in [0.3, 0.4) is 0 Å². The molecule has 3 heteroatoms. The first-order valence-electron chi connectivity index (χ1n) is 8.26. The summed E-state index contributed by atoms with van der Waals surface area (Å²) in [5.41, 5.74) is 1.80. The molecule has 1 N–H and O–H groups in total. The van der Waals surface area contributed by atoms with Crippen molar-refractivity contribution < 1.29 is 0 Å². The molecule has 0 radical (unpaired) electrons. The molecule has 0 amide bonds. The summed E-state index contributed by atoms with van der Waals surface area (Å²) in [7, 11) is 0. The molecule has 1 aliphatic carbocycles. The summed E-state index contributed by atoms with van der Waals surface area (Å²) in [6.07, 6.45) is 6.34. The zero-order valence-corrected chi connectivity index (χ0v) is 14.2. The SMILES string of the molecule is CSCCCN1CC(C)(C2CC2)NCC1c1ccccc1. The molecule has 1 aliphatic heterocycles. The van der Waals surface area contributed by atoms with Crippen molar-refractivity contribution in [2.45, 2.75) is 37.8 Å². The Balaban J connectivity index is 1.72. The molecular weight excluding hydrogens is 276 g/mol. The van der Waals surface area contributed by atoms with E-state index in [0.717, 1.165) is 12.5 Å². The fourth-order valence-corrected chi connectivity index (χ4v) is 4.11. The van der Waals surface area contributed by atoms with Gasteiger partial charge in [0.25, 0.3) is 0 Å². The van der Waals surface area contributed by atoms with Gasteiger partial charge >= 0.3 is 0 Å². The number of rotatable bonds is 6. The lowest BCUT2D eigenvalue weighted by molar-refractivity contribution is 0.0750. The Morgan fingerprint density at radius 1 is 1.29 bits per heavy atom. The van der Waals surface area contributed by atoms with Gasteiger partial charge in [0.05, 0.1) is 0 Å². The molecule has 0 aromatic heterocycles. The molecule has 2 aliphatic rings. The van der Waals surface area contributed by atoms with E-state index in [-0.39, 0.29) is 0 Å². The van der Waals surface area contributed by atoms with Gasteiger partial charge in [0.1, 0.15) is 0 Å². The summed E-state index contributed by atoms with van der Waals surface area (Å²) < 4.78 is 0. The largest absolute Gasteiger partial charge is 0.308 e. The summed E-state index contributed by atoms with van der Waals surface area (Å²) in [5.74, 6) is 2.17. The van der Waals surface area contributed by atoms with Gasteiger partial charge in [-0.1, -0.05) is 30.3 Å². The summed E-state index contributed by atoms with van der Waals surface area (Å²) in [6, 6.07) is 11.6. The summed E-state index contributed by atoms with van der Waals surface area (Å²) in [6.45, 7) is 5.96. The third-order valence-corrected chi connectivity index (χ3v) is 5.83. The first kappa shape index (κ1) is 15.4. The van der Waals surface area contributed by atoms with E-state index in [4.69, 9.17) is 0 Å². The molecule has 1 saturated heterocycles. The maximum Gasteiger partial charge on any atom is 0.0473 e. The van der Waals surface area contributed by atoms with Crippen LogP contribution in [-0.2, 0) is 0 Å². The fourth-order valence-electron chi connectivity index (χ4n) is 3.69. The number of benzene rings is 1. The van der Waals surface area contributed by atoms with Gasteiger partial charge in [0.2, 0.25) is 0 Å². The Morgan fingerprint density at radius 3 is 2.71 bits per heavy atom. The number of nitrogens with zero attached hydrogens (tertiary/aromatic N) is 1. The lowest BCUT2D eigenvalue weighted by Crippen LogP contribution is -2.61. The second-order valence-electron chi connectivity index (χ2n) is 6.82. The van der Waals surface area contributed by atoms with E-state index in [1.165, 1.54) is 43.7 Å². The first-order chi connectivity index (χ1) is 10.2. The predicted octanol–water partition coefficient (Wildman–Crippen LogP) is 3.55. The van der Waals surface area contributed by atoms with Gasteiger partial charge in [-0.2, -0.15) is 11.8 Å². The van der Waals surface area contributed by atoms with Crippen molar-refractivity contribution in [2.24, 2.45) is 5.92 Å². The molecule has 1 aromatic carbocycles. The Morgan fingerprint density at radius 2 is 2.05 bits per heavy atom. The van der Waals surface area contributed by atoms with Crippen molar-refractivity contribution in [3.05, 3.63) is 35.9 Å². The highest BCUT2D eigenvalue weighted by Gasteiger charge is 2.45. The van der Waals surface area contributed by atoms with Crippen molar-refractivity contribution in [2.75, 3.05) is 31.6 Å². The predicted molar refractivity (Wildman–Crippen MR) is 92.9 cm³/mol. The Labute approximate surface area is 133 Å². The van der Waals surface area contributed by atoms with E-state index in [0.29, 0.717) is 11.6 Å². The van der Waals surface area contributed by atoms with Crippen LogP contribution in [0.25, 0.3) is 0 Å². The molecule has 0 spiro atoms. The molecule has 3 rings (SSSR count). The van der Waals surface area contributed by atoms with Gasteiger partial charge in [0.15, 0.2) is 0 Å². The van der Waals surface area contributed by atoms with Crippen LogP contribution >= 0.6 is 11.8 Å². The van der Waals surface area contributed by atoms with Crippen LogP contribution in [0.5, 0.6) is 0 Å². The van der Waals surface area contributed by atoms with Crippen LogP contribution in [0.4, 0.5) is 0 Å². The van der Waals surface area contributed by atoms with Gasteiger partial charge in [-0.15, -0.1) is 0 Å². The Kier molecular flexibility index (Phi) is 4.92. The molecule has 116 valence electrons. The van der Waals surface area contributed by atoms with Crippen molar-refractivity contribution in [1.82, 2.24) is 10.2 Å². The smallest absolute Gasteiger partial charge is 0.0473 e. The zero-order valence-electron chi connectivity index (χ0n) is 13.3. The highest BCUT2D eigenvalue weighted by molar-refractivity contribution is 7.98. The lowest BCUT2D eigenvalue weighted by atomic mass is 9.89. The maximum absolute atomic E-state index is 3.88. The number of thioether (sulfide) groups is 1. The maximum atomic E-state index is 3.88. The third-order valence-electron chi connectivity index (χ3n) is 5.13. The Bertz CT molecular complexity index is 446. The fraction of sp³-hybridized carbons (Fsp3) is 0.667. The normalized spacial score (nSPS) is 30.5. The molecule has 2 atom stereocenters. The number of piperazine rings is 1. The molecule has 1 saturated carbocycles. The van der Waals surface area contributed by atoms with Crippen LogP contribution in [0, 0.1) is 5.92 Å². The van der Waals surface area contributed by atoms with Crippen LogP contribution in [0.1, 0.15) is 37.8 Å². The van der Waals surface area contributed by atoms with E-state index < -0.39 is 0 Å². The summed E-state index contributed by atoms with van der Waals surface area (Å²) in [5, 5.41) is 3.88. The molecule has 2 unspecified atom stereocenters. The van der Waals surface area contributed by atoms with Gasteiger partial charge in [-0.3, -0.25) is 4.90 Å². The van der Waals surface area contributed by atoms with Gasteiger partial charge in [0, 0.05) is 24.7 Å². The highest BCUT2D eigenvalue weighted by atomic mass is 32.2. The molecule has 0 bridgehead atoms. The molecule has 2 nitrogen and oxygen atoms in total. The van der Waals surface area contributed by atoms with Crippen molar-refractivity contribution in [1.29, 1.82) is 0 Å². The van der Waals surface area contributed by atoms with E-state index >= 15 is 0 Å². The lowest BCUT2D eigenvalue weighted by Gasteiger charge is -2.47. The van der Waals surface area contributed by atoms with E-state index in [1.54, 1.807) is 0 Å². The summed E-state index contributed by atoms with van der Waals surface area (Å²) in [4.78, 5) is 2.74. The van der Waals surface area contributed by atoms with E-state index in [1.807, 2.05) is 11.8 Å². The minimum atomic E-state index is 0.338. The minimum Gasteiger partial charge on any atom is -0.308 e. The van der Waals surface area contributed by atoms with Crippen LogP contribution in [0.2, 0.25) is 0 Å². The van der Waals surface area contributed by atoms with Crippen LogP contribution in [0.15, 0.2) is 30.3 Å². The van der Waals surface area contributed by atoms with Gasteiger partial charge < -0.3 is 5.32 Å². The van der Waals surface area contributed by atoms with E-state index in [9.17, 15) is 0 Å².